The minimum Gasteiger partial charge on any atom is -0.379 e. The molecule has 0 bridgehead atoms. The molecule has 0 radical (unpaired) electrons. The molecule has 1 aromatic carbocycles. The lowest BCUT2D eigenvalue weighted by molar-refractivity contribution is 0.0365. The van der Waals surface area contributed by atoms with E-state index in [1.54, 1.807) is 0 Å². The van der Waals surface area contributed by atoms with Crippen molar-refractivity contribution in [2.45, 2.75) is 32.4 Å². The molecule has 3 aromatic rings. The summed E-state index contributed by atoms with van der Waals surface area (Å²) in [6.07, 6.45) is 2.93. The van der Waals surface area contributed by atoms with Gasteiger partial charge in [0, 0.05) is 49.5 Å². The molecule has 34 heavy (non-hydrogen) atoms. The predicted molar refractivity (Wildman–Crippen MR) is 139 cm³/mol. The van der Waals surface area contributed by atoms with Gasteiger partial charge in [0.05, 0.1) is 31.0 Å². The number of rotatable bonds is 7. The average Bonchev–Trinajstić information content (AvgIpc) is 3.35. The number of aromatic nitrogens is 2. The number of nitrogens with zero attached hydrogens (tertiary/aromatic N) is 4. The minimum absolute atomic E-state index is 0.0156. The van der Waals surface area contributed by atoms with Gasteiger partial charge in [-0.05, 0) is 68.4 Å². The summed E-state index contributed by atoms with van der Waals surface area (Å²) >= 11 is 5.89. The van der Waals surface area contributed by atoms with E-state index in [1.165, 1.54) is 22.6 Å². The smallest absolute Gasteiger partial charge is 0.170 e. The molecule has 0 unspecified atom stereocenters. The van der Waals surface area contributed by atoms with Crippen LogP contribution in [0.3, 0.4) is 0 Å². The number of benzene rings is 1. The summed E-state index contributed by atoms with van der Waals surface area (Å²) in [6, 6.07) is 19.1. The van der Waals surface area contributed by atoms with Crippen molar-refractivity contribution in [3.05, 3.63) is 83.4 Å². The monoisotopic (exact) mass is 475 g/mol. The fourth-order valence-electron chi connectivity index (χ4n) is 5.34. The van der Waals surface area contributed by atoms with Crippen LogP contribution < -0.4 is 5.32 Å². The molecule has 6 nitrogen and oxygen atoms in total. The third-order valence-electron chi connectivity index (χ3n) is 6.98. The van der Waals surface area contributed by atoms with Crippen molar-refractivity contribution in [1.82, 2.24) is 24.7 Å². The Balaban J connectivity index is 1.46. The molecule has 0 amide bonds. The van der Waals surface area contributed by atoms with E-state index in [2.05, 4.69) is 82.1 Å². The first-order valence-corrected chi connectivity index (χ1v) is 12.6. The fraction of sp³-hybridized carbons (Fsp3) is 0.407. The van der Waals surface area contributed by atoms with Crippen molar-refractivity contribution < 1.29 is 4.74 Å². The van der Waals surface area contributed by atoms with E-state index in [-0.39, 0.29) is 12.1 Å². The van der Waals surface area contributed by atoms with E-state index >= 15 is 0 Å². The van der Waals surface area contributed by atoms with Crippen LogP contribution in [-0.2, 0) is 4.74 Å². The van der Waals surface area contributed by atoms with Gasteiger partial charge < -0.3 is 19.5 Å². The summed E-state index contributed by atoms with van der Waals surface area (Å²) < 4.78 is 7.85. The molecule has 2 saturated heterocycles. The van der Waals surface area contributed by atoms with Gasteiger partial charge in [-0.3, -0.25) is 9.88 Å². The second-order valence-electron chi connectivity index (χ2n) is 9.12. The highest BCUT2D eigenvalue weighted by molar-refractivity contribution is 7.80. The maximum Gasteiger partial charge on any atom is 0.170 e. The zero-order valence-corrected chi connectivity index (χ0v) is 20.8. The standard InChI is InChI=1S/C27H33N5OS/c1-20-19-23(21(2)32(20)22-9-4-3-5-10-22)26-25(24-11-6-7-12-28-24)29-27(34)31(26)14-8-13-30-15-17-33-18-16-30/h3-7,9-12,19,25-26H,8,13-18H2,1-2H3,(H,29,34)/t25-,26-/m0/s1. The molecule has 7 heteroatoms. The number of para-hydroxylation sites is 1. The number of morpholine rings is 1. The molecular weight excluding hydrogens is 442 g/mol. The summed E-state index contributed by atoms with van der Waals surface area (Å²) in [4.78, 5) is 9.57. The first kappa shape index (κ1) is 23.0. The first-order valence-electron chi connectivity index (χ1n) is 12.2. The topological polar surface area (TPSA) is 45.6 Å². The molecule has 0 spiro atoms. The number of hydrogen-bond acceptors (Lipinski definition) is 4. The van der Waals surface area contributed by atoms with Gasteiger partial charge in [0.1, 0.15) is 0 Å². The van der Waals surface area contributed by atoms with E-state index in [9.17, 15) is 0 Å². The zero-order valence-electron chi connectivity index (χ0n) is 20.0. The van der Waals surface area contributed by atoms with Gasteiger partial charge in [-0.15, -0.1) is 0 Å². The lowest BCUT2D eigenvalue weighted by Crippen LogP contribution is -2.39. The average molecular weight is 476 g/mol. The van der Waals surface area contributed by atoms with Crippen molar-refractivity contribution in [2.75, 3.05) is 39.4 Å². The largest absolute Gasteiger partial charge is 0.379 e. The van der Waals surface area contributed by atoms with Crippen molar-refractivity contribution in [3.8, 4) is 5.69 Å². The van der Waals surface area contributed by atoms with Crippen LogP contribution >= 0.6 is 12.2 Å². The predicted octanol–water partition coefficient (Wildman–Crippen LogP) is 4.18. The van der Waals surface area contributed by atoms with Crippen LogP contribution in [0.4, 0.5) is 0 Å². The molecule has 0 aliphatic carbocycles. The fourth-order valence-corrected chi connectivity index (χ4v) is 5.67. The molecule has 2 aliphatic rings. The molecular formula is C27H33N5OS. The molecule has 1 N–H and O–H groups in total. The Labute approximate surface area is 207 Å². The highest BCUT2D eigenvalue weighted by Crippen LogP contribution is 2.41. The van der Waals surface area contributed by atoms with Crippen LogP contribution in [0.1, 0.15) is 41.1 Å². The SMILES string of the molecule is Cc1cc([C@H]2[C@H](c3ccccn3)NC(=S)N2CCCN2CCOCC2)c(C)n1-c1ccccc1. The summed E-state index contributed by atoms with van der Waals surface area (Å²) in [6.45, 7) is 10.1. The maximum atomic E-state index is 5.89. The molecule has 178 valence electrons. The highest BCUT2D eigenvalue weighted by Gasteiger charge is 2.41. The van der Waals surface area contributed by atoms with Crippen LogP contribution in [0.2, 0.25) is 0 Å². The van der Waals surface area contributed by atoms with Gasteiger partial charge in [0.15, 0.2) is 5.11 Å². The lowest BCUT2D eigenvalue weighted by Gasteiger charge is -2.30. The normalized spacial score (nSPS) is 21.1. The number of hydrogen-bond donors (Lipinski definition) is 1. The lowest BCUT2D eigenvalue weighted by atomic mass is 9.96. The molecule has 2 fully saturated rings. The van der Waals surface area contributed by atoms with E-state index in [0.29, 0.717) is 0 Å². The second-order valence-corrected chi connectivity index (χ2v) is 9.51. The van der Waals surface area contributed by atoms with Crippen LogP contribution in [0.25, 0.3) is 5.69 Å². The third kappa shape index (κ3) is 4.60. The van der Waals surface area contributed by atoms with E-state index in [1.807, 2.05) is 12.3 Å². The Morgan fingerprint density at radius 2 is 1.79 bits per heavy atom. The van der Waals surface area contributed by atoms with E-state index in [4.69, 9.17) is 21.9 Å². The Bertz CT molecular complexity index is 1110. The van der Waals surface area contributed by atoms with Crippen LogP contribution in [0.5, 0.6) is 0 Å². The van der Waals surface area contributed by atoms with Crippen molar-refractivity contribution in [2.24, 2.45) is 0 Å². The molecule has 2 aliphatic heterocycles. The summed E-state index contributed by atoms with van der Waals surface area (Å²) in [5.41, 5.74) is 5.99. The van der Waals surface area contributed by atoms with Crippen molar-refractivity contribution in [1.29, 1.82) is 0 Å². The molecule has 2 atom stereocenters. The number of pyridine rings is 1. The summed E-state index contributed by atoms with van der Waals surface area (Å²) in [5.74, 6) is 0. The van der Waals surface area contributed by atoms with Crippen molar-refractivity contribution >= 4 is 17.3 Å². The van der Waals surface area contributed by atoms with Crippen LogP contribution in [0, 0.1) is 13.8 Å². The Kier molecular flexibility index (Phi) is 6.94. The Morgan fingerprint density at radius 3 is 2.53 bits per heavy atom. The molecule has 0 saturated carbocycles. The summed E-state index contributed by atoms with van der Waals surface area (Å²) in [7, 11) is 0. The Morgan fingerprint density at radius 1 is 1.03 bits per heavy atom. The van der Waals surface area contributed by atoms with Crippen LogP contribution in [0.15, 0.2) is 60.8 Å². The number of aryl methyl sites for hydroxylation is 1. The van der Waals surface area contributed by atoms with Gasteiger partial charge in [-0.25, -0.2) is 0 Å². The van der Waals surface area contributed by atoms with E-state index < -0.39 is 0 Å². The quantitative estimate of drug-likeness (QED) is 0.517. The van der Waals surface area contributed by atoms with Gasteiger partial charge in [-0.2, -0.15) is 0 Å². The van der Waals surface area contributed by atoms with Gasteiger partial charge in [0.2, 0.25) is 0 Å². The van der Waals surface area contributed by atoms with Crippen LogP contribution in [-0.4, -0.2) is 63.9 Å². The Hall–Kier alpha value is -2.74. The molecule has 5 rings (SSSR count). The highest BCUT2D eigenvalue weighted by atomic mass is 32.1. The second kappa shape index (κ2) is 10.3. The molecule has 2 aromatic heterocycles. The maximum absolute atomic E-state index is 5.89. The molecule has 4 heterocycles. The van der Waals surface area contributed by atoms with Crippen molar-refractivity contribution in [3.63, 3.8) is 0 Å². The first-order chi connectivity index (χ1) is 16.6. The minimum atomic E-state index is 0.0156. The number of nitrogens with one attached hydrogen (secondary N) is 1. The van der Waals surface area contributed by atoms with Gasteiger partial charge in [0.25, 0.3) is 0 Å². The zero-order chi connectivity index (χ0) is 23.5. The number of ether oxygens (including phenoxy) is 1. The number of thiocarbonyl (C=S) groups is 1. The van der Waals surface area contributed by atoms with Gasteiger partial charge in [-0.1, -0.05) is 24.3 Å². The van der Waals surface area contributed by atoms with E-state index in [0.717, 1.165) is 56.6 Å². The third-order valence-corrected chi connectivity index (χ3v) is 7.33. The summed E-state index contributed by atoms with van der Waals surface area (Å²) in [5, 5.41) is 4.42. The van der Waals surface area contributed by atoms with Gasteiger partial charge >= 0.3 is 0 Å².